The molecule has 0 unspecified atom stereocenters. The van der Waals surface area contributed by atoms with E-state index in [0.29, 0.717) is 11.9 Å². The van der Waals surface area contributed by atoms with Gasteiger partial charge in [0.15, 0.2) is 0 Å². The zero-order valence-corrected chi connectivity index (χ0v) is 13.0. The Labute approximate surface area is 130 Å². The van der Waals surface area contributed by atoms with Crippen LogP contribution in [0, 0.1) is 0 Å². The van der Waals surface area contributed by atoms with Gasteiger partial charge in [-0.1, -0.05) is 6.42 Å². The van der Waals surface area contributed by atoms with Gasteiger partial charge in [0.05, 0.1) is 24.5 Å². The Kier molecular flexibility index (Phi) is 4.70. The molecule has 1 aliphatic rings. The lowest BCUT2D eigenvalue weighted by atomic mass is 9.95. The SMILES string of the molecule is COCCN1CCCC[C@@H]1c1[nH]ncc1-c1ccnc(N)c1. The first-order valence-electron chi connectivity index (χ1n) is 7.77. The van der Waals surface area contributed by atoms with Crippen LogP contribution >= 0.6 is 0 Å². The number of aromatic amines is 1. The molecule has 0 radical (unpaired) electrons. The van der Waals surface area contributed by atoms with Crippen LogP contribution in [0.15, 0.2) is 24.5 Å². The first-order valence-corrected chi connectivity index (χ1v) is 7.77. The Bertz CT molecular complexity index is 612. The van der Waals surface area contributed by atoms with E-state index in [2.05, 4.69) is 20.1 Å². The number of nitrogens with one attached hydrogen (secondary N) is 1. The number of anilines is 1. The van der Waals surface area contributed by atoms with Crippen LogP contribution in [0.1, 0.15) is 31.0 Å². The van der Waals surface area contributed by atoms with Crippen molar-refractivity contribution in [3.8, 4) is 11.1 Å². The van der Waals surface area contributed by atoms with E-state index in [0.717, 1.165) is 37.2 Å². The van der Waals surface area contributed by atoms with Crippen molar-refractivity contribution in [2.45, 2.75) is 25.3 Å². The molecule has 22 heavy (non-hydrogen) atoms. The van der Waals surface area contributed by atoms with Crippen LogP contribution in [0.4, 0.5) is 5.82 Å². The average molecular weight is 301 g/mol. The van der Waals surface area contributed by atoms with Gasteiger partial charge in [0.1, 0.15) is 5.82 Å². The van der Waals surface area contributed by atoms with E-state index in [1.54, 1.807) is 13.3 Å². The maximum atomic E-state index is 5.82. The van der Waals surface area contributed by atoms with Gasteiger partial charge in [0.2, 0.25) is 0 Å². The summed E-state index contributed by atoms with van der Waals surface area (Å²) >= 11 is 0. The molecule has 1 atom stereocenters. The van der Waals surface area contributed by atoms with Crippen molar-refractivity contribution < 1.29 is 4.74 Å². The third kappa shape index (κ3) is 3.13. The second-order valence-electron chi connectivity index (χ2n) is 5.71. The van der Waals surface area contributed by atoms with Crippen LogP contribution in [-0.4, -0.2) is 46.9 Å². The summed E-state index contributed by atoms with van der Waals surface area (Å²) < 4.78 is 5.25. The quantitative estimate of drug-likeness (QED) is 0.885. The highest BCUT2D eigenvalue weighted by atomic mass is 16.5. The van der Waals surface area contributed by atoms with Gasteiger partial charge in [0.25, 0.3) is 0 Å². The van der Waals surface area contributed by atoms with Crippen LogP contribution in [0.3, 0.4) is 0 Å². The fourth-order valence-corrected chi connectivity index (χ4v) is 3.19. The molecule has 6 nitrogen and oxygen atoms in total. The maximum absolute atomic E-state index is 5.82. The molecule has 118 valence electrons. The molecule has 3 N–H and O–H groups in total. The largest absolute Gasteiger partial charge is 0.384 e. The Morgan fingerprint density at radius 3 is 3.18 bits per heavy atom. The number of hydrogen-bond donors (Lipinski definition) is 2. The molecule has 0 amide bonds. The van der Waals surface area contributed by atoms with Crippen LogP contribution in [-0.2, 0) is 4.74 Å². The normalized spacial score (nSPS) is 19.4. The predicted octanol–water partition coefficient (Wildman–Crippen LogP) is 2.23. The van der Waals surface area contributed by atoms with Gasteiger partial charge < -0.3 is 10.5 Å². The van der Waals surface area contributed by atoms with E-state index < -0.39 is 0 Å². The maximum Gasteiger partial charge on any atom is 0.123 e. The predicted molar refractivity (Wildman–Crippen MR) is 86.3 cm³/mol. The number of likely N-dealkylation sites (tertiary alicyclic amines) is 1. The standard InChI is InChI=1S/C16H23N5O/c1-22-9-8-21-7-3-2-4-14(21)16-13(11-19-20-16)12-5-6-18-15(17)10-12/h5-6,10-11,14H,2-4,7-9H2,1H3,(H2,17,18)(H,19,20)/t14-/m1/s1. The minimum Gasteiger partial charge on any atom is -0.384 e. The first kappa shape index (κ1) is 15.0. The molecule has 1 aliphatic heterocycles. The summed E-state index contributed by atoms with van der Waals surface area (Å²) in [6, 6.07) is 4.24. The molecule has 6 heteroatoms. The number of methoxy groups -OCH3 is 1. The summed E-state index contributed by atoms with van der Waals surface area (Å²) in [6.07, 6.45) is 7.24. The molecule has 0 bridgehead atoms. The fourth-order valence-electron chi connectivity index (χ4n) is 3.19. The van der Waals surface area contributed by atoms with Crippen molar-refractivity contribution >= 4 is 5.82 Å². The van der Waals surface area contributed by atoms with E-state index in [1.807, 2.05) is 18.3 Å². The van der Waals surface area contributed by atoms with Crippen molar-refractivity contribution in [1.82, 2.24) is 20.1 Å². The van der Waals surface area contributed by atoms with Crippen molar-refractivity contribution in [3.05, 3.63) is 30.2 Å². The Balaban J connectivity index is 1.89. The molecule has 0 saturated carbocycles. The summed E-state index contributed by atoms with van der Waals surface area (Å²) in [4.78, 5) is 6.55. The number of nitrogens with two attached hydrogens (primary N) is 1. The van der Waals surface area contributed by atoms with E-state index in [4.69, 9.17) is 10.5 Å². The smallest absolute Gasteiger partial charge is 0.123 e. The molecule has 0 spiro atoms. The molecule has 0 aromatic carbocycles. The molecular formula is C16H23N5O. The molecule has 0 aliphatic carbocycles. The van der Waals surface area contributed by atoms with E-state index in [-0.39, 0.29) is 0 Å². The van der Waals surface area contributed by atoms with Crippen LogP contribution < -0.4 is 5.73 Å². The summed E-state index contributed by atoms with van der Waals surface area (Å²) in [5.41, 5.74) is 9.16. The van der Waals surface area contributed by atoms with E-state index in [1.165, 1.54) is 18.5 Å². The van der Waals surface area contributed by atoms with Gasteiger partial charge in [0, 0.05) is 25.4 Å². The fraction of sp³-hybridized carbons (Fsp3) is 0.500. The monoisotopic (exact) mass is 301 g/mol. The molecule has 2 aromatic rings. The zero-order chi connectivity index (χ0) is 15.4. The topological polar surface area (TPSA) is 80.1 Å². The molecule has 3 rings (SSSR count). The zero-order valence-electron chi connectivity index (χ0n) is 13.0. The van der Waals surface area contributed by atoms with Gasteiger partial charge in [-0.15, -0.1) is 0 Å². The third-order valence-corrected chi connectivity index (χ3v) is 4.29. The summed E-state index contributed by atoms with van der Waals surface area (Å²) in [6.45, 7) is 2.80. The highest BCUT2D eigenvalue weighted by Gasteiger charge is 2.27. The number of aromatic nitrogens is 3. The Hall–Kier alpha value is -1.92. The average Bonchev–Trinajstić information content (AvgIpc) is 3.02. The number of pyridine rings is 1. The van der Waals surface area contributed by atoms with E-state index in [9.17, 15) is 0 Å². The van der Waals surface area contributed by atoms with Crippen molar-refractivity contribution in [3.63, 3.8) is 0 Å². The number of rotatable bonds is 5. The summed E-state index contributed by atoms with van der Waals surface area (Å²) in [5.74, 6) is 0.532. The van der Waals surface area contributed by atoms with Crippen LogP contribution in [0.5, 0.6) is 0 Å². The lowest BCUT2D eigenvalue weighted by molar-refractivity contribution is 0.0944. The minimum absolute atomic E-state index is 0.357. The Morgan fingerprint density at radius 2 is 2.36 bits per heavy atom. The van der Waals surface area contributed by atoms with E-state index >= 15 is 0 Å². The molecule has 1 saturated heterocycles. The summed E-state index contributed by atoms with van der Waals surface area (Å²) in [7, 11) is 1.75. The number of piperidine rings is 1. The first-order chi connectivity index (χ1) is 10.8. The highest BCUT2D eigenvalue weighted by molar-refractivity contribution is 5.67. The summed E-state index contributed by atoms with van der Waals surface area (Å²) in [5, 5.41) is 7.48. The van der Waals surface area contributed by atoms with Crippen LogP contribution in [0.25, 0.3) is 11.1 Å². The highest BCUT2D eigenvalue weighted by Crippen LogP contribution is 2.35. The second-order valence-corrected chi connectivity index (χ2v) is 5.71. The van der Waals surface area contributed by atoms with Crippen molar-refractivity contribution in [1.29, 1.82) is 0 Å². The molecule has 2 aromatic heterocycles. The van der Waals surface area contributed by atoms with Crippen LogP contribution in [0.2, 0.25) is 0 Å². The van der Waals surface area contributed by atoms with Gasteiger partial charge in [-0.25, -0.2) is 4.98 Å². The Morgan fingerprint density at radius 1 is 1.45 bits per heavy atom. The lowest BCUT2D eigenvalue weighted by Crippen LogP contribution is -2.36. The lowest BCUT2D eigenvalue weighted by Gasteiger charge is -2.35. The molecule has 1 fully saturated rings. The number of nitrogens with zero attached hydrogens (tertiary/aromatic N) is 3. The minimum atomic E-state index is 0.357. The van der Waals surface area contributed by atoms with Gasteiger partial charge in [-0.2, -0.15) is 5.10 Å². The number of hydrogen-bond acceptors (Lipinski definition) is 5. The van der Waals surface area contributed by atoms with Crippen molar-refractivity contribution in [2.75, 3.05) is 32.5 Å². The van der Waals surface area contributed by atoms with Gasteiger partial charge in [-0.05, 0) is 37.1 Å². The molecular weight excluding hydrogens is 278 g/mol. The van der Waals surface area contributed by atoms with Gasteiger partial charge in [-0.3, -0.25) is 10.00 Å². The molecule has 3 heterocycles. The number of nitrogen functional groups attached to an aromatic ring is 1. The number of ether oxygens (including phenoxy) is 1. The second kappa shape index (κ2) is 6.89. The number of H-pyrrole nitrogens is 1. The van der Waals surface area contributed by atoms with Gasteiger partial charge >= 0.3 is 0 Å². The third-order valence-electron chi connectivity index (χ3n) is 4.29. The van der Waals surface area contributed by atoms with Crippen molar-refractivity contribution in [2.24, 2.45) is 0 Å².